The van der Waals surface area contributed by atoms with E-state index in [1.165, 1.54) is 12.1 Å². The smallest absolute Gasteiger partial charge is 0.301 e. The van der Waals surface area contributed by atoms with Crippen molar-refractivity contribution in [3.63, 3.8) is 0 Å². The van der Waals surface area contributed by atoms with Gasteiger partial charge in [-0.2, -0.15) is 8.42 Å². The summed E-state index contributed by atoms with van der Waals surface area (Å²) >= 11 is 0. The molecular weight excluding hydrogens is 276 g/mol. The quantitative estimate of drug-likeness (QED) is 0.604. The highest BCUT2D eigenvalue weighted by Gasteiger charge is 2.20. The van der Waals surface area contributed by atoms with E-state index in [0.29, 0.717) is 5.75 Å². The van der Waals surface area contributed by atoms with Gasteiger partial charge in [0.2, 0.25) is 0 Å². The first kappa shape index (κ1) is 14.3. The van der Waals surface area contributed by atoms with Gasteiger partial charge in [0.25, 0.3) is 0 Å². The number of hydrogen-bond acceptors (Lipinski definition) is 4. The molecule has 0 aliphatic heterocycles. The van der Waals surface area contributed by atoms with E-state index in [4.69, 9.17) is 8.92 Å². The first-order valence-corrected chi connectivity index (χ1v) is 7.36. The highest BCUT2D eigenvalue weighted by atomic mass is 32.2. The van der Waals surface area contributed by atoms with Gasteiger partial charge < -0.3 is 4.74 Å². The Labute approximate surface area is 118 Å². The minimum Gasteiger partial charge on any atom is -0.456 e. The molecule has 20 heavy (non-hydrogen) atoms. The molecule has 0 unspecified atom stereocenters. The highest BCUT2D eigenvalue weighted by Crippen LogP contribution is 2.29. The van der Waals surface area contributed by atoms with Gasteiger partial charge >= 0.3 is 10.1 Å². The molecule has 0 aromatic heterocycles. The summed E-state index contributed by atoms with van der Waals surface area (Å²) in [6, 6.07) is 15.3. The molecule has 0 N–H and O–H groups in total. The zero-order valence-electron chi connectivity index (χ0n) is 10.7. The summed E-state index contributed by atoms with van der Waals surface area (Å²) in [5.41, 5.74) is 0. The van der Waals surface area contributed by atoms with Crippen LogP contribution in [0.4, 0.5) is 0 Å². The average Bonchev–Trinajstić information content (AvgIpc) is 2.47. The Balaban J connectivity index is 2.33. The Morgan fingerprint density at radius 3 is 2.35 bits per heavy atom. The average molecular weight is 290 g/mol. The van der Waals surface area contributed by atoms with Crippen LogP contribution in [-0.2, 0) is 14.3 Å². The molecule has 0 bridgehead atoms. The molecule has 0 radical (unpaired) electrons. The predicted octanol–water partition coefficient (Wildman–Crippen LogP) is 3.37. The molecule has 4 nitrogen and oxygen atoms in total. The van der Waals surface area contributed by atoms with Gasteiger partial charge in [0.15, 0.2) is 0 Å². The summed E-state index contributed by atoms with van der Waals surface area (Å²) in [5, 5.41) is 0. The second-order valence-electron chi connectivity index (χ2n) is 3.89. The largest absolute Gasteiger partial charge is 0.456 e. The van der Waals surface area contributed by atoms with Crippen molar-refractivity contribution in [2.24, 2.45) is 0 Å². The lowest BCUT2D eigenvalue weighted by molar-refractivity contribution is 0.354. The van der Waals surface area contributed by atoms with Gasteiger partial charge in [0.1, 0.15) is 16.4 Å². The van der Waals surface area contributed by atoms with Crippen LogP contribution >= 0.6 is 0 Å². The molecule has 0 amide bonds. The Bertz CT molecular complexity index is 678. The molecule has 0 atom stereocenters. The molecule has 2 rings (SSSR count). The monoisotopic (exact) mass is 290 g/mol. The van der Waals surface area contributed by atoms with Crippen LogP contribution in [0.3, 0.4) is 0 Å². The molecule has 0 saturated carbocycles. The van der Waals surface area contributed by atoms with Gasteiger partial charge in [-0.05, 0) is 24.3 Å². The van der Waals surface area contributed by atoms with Crippen molar-refractivity contribution in [2.45, 2.75) is 4.90 Å². The van der Waals surface area contributed by atoms with E-state index < -0.39 is 10.1 Å². The van der Waals surface area contributed by atoms with Crippen molar-refractivity contribution in [3.05, 3.63) is 67.3 Å². The molecule has 104 valence electrons. The van der Waals surface area contributed by atoms with E-state index in [-0.39, 0.29) is 17.3 Å². The second-order valence-corrected chi connectivity index (χ2v) is 5.47. The van der Waals surface area contributed by atoms with E-state index in [2.05, 4.69) is 6.58 Å². The van der Waals surface area contributed by atoms with Crippen LogP contribution in [0.15, 0.2) is 72.1 Å². The lowest BCUT2D eigenvalue weighted by Crippen LogP contribution is -2.07. The van der Waals surface area contributed by atoms with E-state index in [1.807, 2.05) is 6.07 Å². The third kappa shape index (κ3) is 3.46. The third-order valence-electron chi connectivity index (χ3n) is 2.43. The topological polar surface area (TPSA) is 52.6 Å². The van der Waals surface area contributed by atoms with E-state index >= 15 is 0 Å². The first-order chi connectivity index (χ1) is 9.63. The number of hydrogen-bond donors (Lipinski definition) is 0. The molecule has 2 aromatic carbocycles. The van der Waals surface area contributed by atoms with Crippen LogP contribution in [0.2, 0.25) is 0 Å². The summed E-state index contributed by atoms with van der Waals surface area (Å²) in [4.78, 5) is -0.00861. The molecule has 0 saturated heterocycles. The van der Waals surface area contributed by atoms with Gasteiger partial charge in [-0.1, -0.05) is 36.4 Å². The number of rotatable bonds is 6. The lowest BCUT2D eigenvalue weighted by Gasteiger charge is -2.11. The summed E-state index contributed by atoms with van der Waals surface area (Å²) in [7, 11) is -3.87. The fourth-order valence-corrected chi connectivity index (χ4v) is 2.56. The molecular formula is C15H14O4S. The fourth-order valence-electron chi connectivity index (χ4n) is 1.56. The van der Waals surface area contributed by atoms with Crippen molar-refractivity contribution in [3.8, 4) is 11.5 Å². The Morgan fingerprint density at radius 2 is 1.65 bits per heavy atom. The van der Waals surface area contributed by atoms with Crippen LogP contribution < -0.4 is 4.74 Å². The van der Waals surface area contributed by atoms with Crippen molar-refractivity contribution >= 4 is 10.1 Å². The van der Waals surface area contributed by atoms with Crippen LogP contribution in [-0.4, -0.2) is 15.0 Å². The Morgan fingerprint density at radius 1 is 1.00 bits per heavy atom. The Hall–Kier alpha value is -2.11. The lowest BCUT2D eigenvalue weighted by atomic mass is 10.3. The zero-order chi connectivity index (χ0) is 14.4. The standard InChI is InChI=1S/C15H14O4S/c1-2-12-18-20(16,17)15-11-7-6-10-14(15)19-13-8-4-3-5-9-13/h2-11H,1,12H2. The summed E-state index contributed by atoms with van der Waals surface area (Å²) in [6.45, 7) is 3.35. The molecule has 0 aliphatic carbocycles. The molecule has 0 fully saturated rings. The third-order valence-corrected chi connectivity index (χ3v) is 3.75. The Kier molecular flexibility index (Phi) is 4.55. The maximum atomic E-state index is 12.1. The maximum Gasteiger partial charge on any atom is 0.301 e. The van der Waals surface area contributed by atoms with Gasteiger partial charge in [-0.15, -0.1) is 6.58 Å². The minimum absolute atomic E-state index is 0.00861. The van der Waals surface area contributed by atoms with Gasteiger partial charge in [-0.3, -0.25) is 4.18 Å². The second kappa shape index (κ2) is 6.36. The first-order valence-electron chi connectivity index (χ1n) is 5.96. The van der Waals surface area contributed by atoms with Crippen LogP contribution in [0.1, 0.15) is 0 Å². The van der Waals surface area contributed by atoms with E-state index in [9.17, 15) is 8.42 Å². The highest BCUT2D eigenvalue weighted by molar-refractivity contribution is 7.86. The van der Waals surface area contributed by atoms with Crippen molar-refractivity contribution in [1.82, 2.24) is 0 Å². The normalized spacial score (nSPS) is 11.0. The molecule has 2 aromatic rings. The van der Waals surface area contributed by atoms with Gasteiger partial charge in [0.05, 0.1) is 6.61 Å². The zero-order valence-corrected chi connectivity index (χ0v) is 11.5. The van der Waals surface area contributed by atoms with Crippen LogP contribution in [0.5, 0.6) is 11.5 Å². The number of para-hydroxylation sites is 2. The van der Waals surface area contributed by atoms with Crippen molar-refractivity contribution < 1.29 is 17.3 Å². The van der Waals surface area contributed by atoms with Crippen LogP contribution in [0, 0.1) is 0 Å². The van der Waals surface area contributed by atoms with Gasteiger partial charge in [0, 0.05) is 0 Å². The van der Waals surface area contributed by atoms with Crippen LogP contribution in [0.25, 0.3) is 0 Å². The molecule has 5 heteroatoms. The summed E-state index contributed by atoms with van der Waals surface area (Å²) < 4.78 is 34.5. The van der Waals surface area contributed by atoms with Crippen molar-refractivity contribution in [1.29, 1.82) is 0 Å². The fraction of sp³-hybridized carbons (Fsp3) is 0.0667. The van der Waals surface area contributed by atoms with E-state index in [0.717, 1.165) is 0 Å². The number of ether oxygens (including phenoxy) is 1. The molecule has 0 spiro atoms. The minimum atomic E-state index is -3.87. The SMILES string of the molecule is C=CCOS(=O)(=O)c1ccccc1Oc1ccccc1. The maximum absolute atomic E-state index is 12.1. The van der Waals surface area contributed by atoms with E-state index in [1.54, 1.807) is 42.5 Å². The van der Waals surface area contributed by atoms with Crippen molar-refractivity contribution in [2.75, 3.05) is 6.61 Å². The summed E-state index contributed by atoms with van der Waals surface area (Å²) in [6.07, 6.45) is 1.37. The number of benzene rings is 2. The predicted molar refractivity (Wildman–Crippen MR) is 76.3 cm³/mol. The van der Waals surface area contributed by atoms with Gasteiger partial charge in [-0.25, -0.2) is 0 Å². The molecule has 0 heterocycles. The molecule has 0 aliphatic rings. The summed E-state index contributed by atoms with van der Waals surface area (Å²) in [5.74, 6) is 0.779.